The Morgan fingerprint density at radius 2 is 1.47 bits per heavy atom. The van der Waals surface area contributed by atoms with Crippen LogP contribution in [0.2, 0.25) is 0 Å². The second-order valence-corrected chi connectivity index (χ2v) is 4.90. The monoisotopic (exact) mass is 242 g/mol. The van der Waals surface area contributed by atoms with Gasteiger partial charge >= 0.3 is 5.97 Å². The summed E-state index contributed by atoms with van der Waals surface area (Å²) in [5.74, 6) is -0.142. The Morgan fingerprint density at radius 3 is 1.94 bits per heavy atom. The third-order valence-electron chi connectivity index (χ3n) is 3.17. The van der Waals surface area contributed by atoms with Crippen molar-refractivity contribution in [3.8, 4) is 0 Å². The van der Waals surface area contributed by atoms with Crippen LogP contribution in [0.15, 0.2) is 0 Å². The zero-order valence-corrected chi connectivity index (χ0v) is 12.0. The normalized spacial score (nSPS) is 12.4. The van der Waals surface area contributed by atoms with Gasteiger partial charge in [-0.25, -0.2) is 0 Å². The van der Waals surface area contributed by atoms with Gasteiger partial charge in [-0.2, -0.15) is 0 Å². The van der Waals surface area contributed by atoms with E-state index in [0.29, 0.717) is 0 Å². The zero-order valence-electron chi connectivity index (χ0n) is 12.0. The molecule has 1 atom stereocenters. The molecule has 0 aliphatic heterocycles. The molecular formula is C15H30O2. The van der Waals surface area contributed by atoms with E-state index in [1.165, 1.54) is 58.3 Å². The van der Waals surface area contributed by atoms with Crippen LogP contribution in [0, 0.1) is 0 Å². The first-order valence-corrected chi connectivity index (χ1v) is 7.37. The van der Waals surface area contributed by atoms with Crippen molar-refractivity contribution >= 4 is 5.97 Å². The van der Waals surface area contributed by atoms with Crippen LogP contribution in [0.1, 0.15) is 85.0 Å². The van der Waals surface area contributed by atoms with Crippen molar-refractivity contribution in [3.05, 3.63) is 0 Å². The molecule has 0 aliphatic rings. The van der Waals surface area contributed by atoms with Gasteiger partial charge in [-0.3, -0.25) is 4.79 Å². The third-order valence-corrected chi connectivity index (χ3v) is 3.17. The second kappa shape index (κ2) is 11.9. The van der Waals surface area contributed by atoms with Crippen LogP contribution in [0.3, 0.4) is 0 Å². The lowest BCUT2D eigenvalue weighted by atomic mass is 10.0. The van der Waals surface area contributed by atoms with E-state index >= 15 is 0 Å². The number of unbranched alkanes of at least 4 members (excludes halogenated alkanes) is 7. The van der Waals surface area contributed by atoms with E-state index in [-0.39, 0.29) is 12.1 Å². The molecule has 0 saturated heterocycles. The Morgan fingerprint density at radius 1 is 0.941 bits per heavy atom. The first-order valence-electron chi connectivity index (χ1n) is 7.37. The largest absolute Gasteiger partial charge is 0.463 e. The molecule has 0 aromatic carbocycles. The molecule has 2 heteroatoms. The summed E-state index contributed by atoms with van der Waals surface area (Å²) >= 11 is 0. The molecule has 2 nitrogen and oxygen atoms in total. The highest BCUT2D eigenvalue weighted by molar-refractivity contribution is 5.66. The summed E-state index contributed by atoms with van der Waals surface area (Å²) in [4.78, 5) is 10.8. The molecule has 0 N–H and O–H groups in total. The van der Waals surface area contributed by atoms with Gasteiger partial charge < -0.3 is 4.74 Å². The molecule has 0 radical (unpaired) electrons. The van der Waals surface area contributed by atoms with E-state index < -0.39 is 0 Å². The standard InChI is InChI=1S/C15H30O2/c1-4-6-7-8-9-10-11-12-13-15(5-2)17-14(3)16/h15H,4-13H2,1-3H3/t15-/m0/s1. The molecule has 0 rings (SSSR count). The van der Waals surface area contributed by atoms with Crippen LogP contribution in [0.5, 0.6) is 0 Å². The van der Waals surface area contributed by atoms with Crippen molar-refractivity contribution in [2.24, 2.45) is 0 Å². The van der Waals surface area contributed by atoms with Gasteiger partial charge in [0.15, 0.2) is 0 Å². The topological polar surface area (TPSA) is 26.3 Å². The Labute approximate surface area is 107 Å². The first-order chi connectivity index (χ1) is 8.20. The summed E-state index contributed by atoms with van der Waals surface area (Å²) in [7, 11) is 0. The Kier molecular flexibility index (Phi) is 11.6. The molecule has 0 aromatic heterocycles. The van der Waals surface area contributed by atoms with Gasteiger partial charge in [-0.1, -0.05) is 58.8 Å². The molecule has 0 amide bonds. The van der Waals surface area contributed by atoms with E-state index in [2.05, 4.69) is 13.8 Å². The average molecular weight is 242 g/mol. The highest BCUT2D eigenvalue weighted by Gasteiger charge is 2.08. The average Bonchev–Trinajstić information content (AvgIpc) is 2.30. The summed E-state index contributed by atoms with van der Waals surface area (Å²) in [6.07, 6.45) is 12.8. The summed E-state index contributed by atoms with van der Waals surface area (Å²) in [5.41, 5.74) is 0. The lowest BCUT2D eigenvalue weighted by molar-refractivity contribution is -0.146. The van der Waals surface area contributed by atoms with Gasteiger partial charge in [-0.15, -0.1) is 0 Å². The lowest BCUT2D eigenvalue weighted by Crippen LogP contribution is -2.14. The quantitative estimate of drug-likeness (QED) is 0.382. The van der Waals surface area contributed by atoms with E-state index in [4.69, 9.17) is 4.74 Å². The van der Waals surface area contributed by atoms with E-state index in [1.807, 2.05) is 0 Å². The van der Waals surface area contributed by atoms with Crippen LogP contribution < -0.4 is 0 Å². The van der Waals surface area contributed by atoms with Crippen LogP contribution in [0.4, 0.5) is 0 Å². The van der Waals surface area contributed by atoms with Gasteiger partial charge in [-0.05, 0) is 19.3 Å². The second-order valence-electron chi connectivity index (χ2n) is 4.90. The number of hydrogen-bond acceptors (Lipinski definition) is 2. The van der Waals surface area contributed by atoms with Gasteiger partial charge in [0.2, 0.25) is 0 Å². The summed E-state index contributed by atoms with van der Waals surface area (Å²) < 4.78 is 5.22. The molecule has 17 heavy (non-hydrogen) atoms. The fourth-order valence-corrected chi connectivity index (χ4v) is 2.09. The number of esters is 1. The van der Waals surface area contributed by atoms with Gasteiger partial charge in [0.1, 0.15) is 6.10 Å². The number of carbonyl (C=O) groups is 1. The molecule has 0 heterocycles. The summed E-state index contributed by atoms with van der Waals surface area (Å²) in [5, 5.41) is 0. The number of rotatable bonds is 11. The van der Waals surface area contributed by atoms with Crippen molar-refractivity contribution in [2.75, 3.05) is 0 Å². The molecule has 0 bridgehead atoms. The van der Waals surface area contributed by atoms with Crippen molar-refractivity contribution < 1.29 is 9.53 Å². The minimum absolute atomic E-state index is 0.142. The van der Waals surface area contributed by atoms with Crippen molar-refractivity contribution in [1.82, 2.24) is 0 Å². The highest BCUT2D eigenvalue weighted by Crippen LogP contribution is 2.13. The smallest absolute Gasteiger partial charge is 0.302 e. The van der Waals surface area contributed by atoms with Crippen LogP contribution in [-0.2, 0) is 9.53 Å². The van der Waals surface area contributed by atoms with Crippen molar-refractivity contribution in [1.29, 1.82) is 0 Å². The van der Waals surface area contributed by atoms with Crippen LogP contribution in [0.25, 0.3) is 0 Å². The molecule has 102 valence electrons. The molecule has 0 spiro atoms. The molecular weight excluding hydrogens is 212 g/mol. The van der Waals surface area contributed by atoms with E-state index in [0.717, 1.165) is 12.8 Å². The SMILES string of the molecule is CCCCCCCCCC[C@H](CC)OC(C)=O. The zero-order chi connectivity index (χ0) is 12.9. The Balaban J connectivity index is 3.28. The van der Waals surface area contributed by atoms with Crippen molar-refractivity contribution in [3.63, 3.8) is 0 Å². The highest BCUT2D eigenvalue weighted by atomic mass is 16.5. The number of ether oxygens (including phenoxy) is 1. The maximum Gasteiger partial charge on any atom is 0.302 e. The summed E-state index contributed by atoms with van der Waals surface area (Å²) in [6, 6.07) is 0. The predicted octanol–water partition coefficient (Wildman–Crippen LogP) is 4.86. The fourth-order valence-electron chi connectivity index (χ4n) is 2.09. The third kappa shape index (κ3) is 11.7. The lowest BCUT2D eigenvalue weighted by Gasteiger charge is -2.14. The van der Waals surface area contributed by atoms with Crippen LogP contribution >= 0.6 is 0 Å². The van der Waals surface area contributed by atoms with Crippen molar-refractivity contribution in [2.45, 2.75) is 91.1 Å². The first kappa shape index (κ1) is 16.5. The van der Waals surface area contributed by atoms with E-state index in [1.54, 1.807) is 0 Å². The Hall–Kier alpha value is -0.530. The maximum absolute atomic E-state index is 10.8. The maximum atomic E-state index is 10.8. The molecule has 0 saturated carbocycles. The molecule has 0 aromatic rings. The van der Waals surface area contributed by atoms with Gasteiger partial charge in [0.25, 0.3) is 0 Å². The number of hydrogen-bond donors (Lipinski definition) is 0. The summed E-state index contributed by atoms with van der Waals surface area (Å²) in [6.45, 7) is 5.83. The predicted molar refractivity (Wildman–Crippen MR) is 73.1 cm³/mol. The molecule has 0 unspecified atom stereocenters. The molecule has 0 fully saturated rings. The minimum atomic E-state index is -0.142. The fraction of sp³-hybridized carbons (Fsp3) is 0.933. The van der Waals surface area contributed by atoms with Gasteiger partial charge in [0, 0.05) is 6.92 Å². The van der Waals surface area contributed by atoms with Crippen LogP contribution in [-0.4, -0.2) is 12.1 Å². The Bertz CT molecular complexity index is 178. The molecule has 0 aliphatic carbocycles. The minimum Gasteiger partial charge on any atom is -0.463 e. The van der Waals surface area contributed by atoms with Gasteiger partial charge in [0.05, 0.1) is 0 Å². The number of carbonyl (C=O) groups excluding carboxylic acids is 1. The van der Waals surface area contributed by atoms with E-state index in [9.17, 15) is 4.79 Å².